The van der Waals surface area contributed by atoms with Crippen LogP contribution in [0.15, 0.2) is 0 Å². The van der Waals surface area contributed by atoms with Gasteiger partial charge in [-0.3, -0.25) is 4.79 Å². The topological polar surface area (TPSA) is 46.3 Å². The minimum Gasteiger partial charge on any atom is -0.339 e. The zero-order valence-electron chi connectivity index (χ0n) is 13.0. The van der Waals surface area contributed by atoms with E-state index in [-0.39, 0.29) is 5.92 Å². The summed E-state index contributed by atoms with van der Waals surface area (Å²) in [4.78, 5) is 14.8. The van der Waals surface area contributed by atoms with E-state index >= 15 is 0 Å². The van der Waals surface area contributed by atoms with Gasteiger partial charge in [0.15, 0.2) is 0 Å². The highest BCUT2D eigenvalue weighted by Crippen LogP contribution is 2.25. The number of rotatable bonds is 6. The van der Waals surface area contributed by atoms with Crippen LogP contribution in [0.4, 0.5) is 0 Å². The molecule has 1 unspecified atom stereocenters. The van der Waals surface area contributed by atoms with Crippen LogP contribution in [0, 0.1) is 11.8 Å². The molecule has 1 atom stereocenters. The molecule has 0 aromatic carbocycles. The fourth-order valence-electron chi connectivity index (χ4n) is 2.85. The zero-order valence-corrected chi connectivity index (χ0v) is 13.0. The molecular weight excluding hydrogens is 236 g/mol. The first kappa shape index (κ1) is 16.5. The van der Waals surface area contributed by atoms with E-state index in [1.165, 1.54) is 38.5 Å². The molecule has 0 spiro atoms. The van der Waals surface area contributed by atoms with Gasteiger partial charge in [0.1, 0.15) is 0 Å². The van der Waals surface area contributed by atoms with E-state index in [9.17, 15) is 4.79 Å². The number of hydrogen-bond acceptors (Lipinski definition) is 2. The summed E-state index contributed by atoms with van der Waals surface area (Å²) in [5.74, 6) is 0.884. The molecule has 3 heteroatoms. The quantitative estimate of drug-likeness (QED) is 0.752. The lowest BCUT2D eigenvalue weighted by atomic mass is 9.94. The number of nitrogens with zero attached hydrogens (tertiary/aromatic N) is 1. The number of amides is 1. The molecule has 1 fully saturated rings. The molecule has 0 radical (unpaired) electrons. The van der Waals surface area contributed by atoms with Gasteiger partial charge in [-0.05, 0) is 31.7 Å². The minimum atomic E-state index is 0.126. The predicted octanol–water partition coefficient (Wildman–Crippen LogP) is 3.18. The van der Waals surface area contributed by atoms with E-state index in [4.69, 9.17) is 5.73 Å². The number of nitrogens with two attached hydrogens (primary N) is 1. The Labute approximate surface area is 118 Å². The lowest BCUT2D eigenvalue weighted by Gasteiger charge is -2.34. The number of carbonyl (C=O) groups excluding carboxylic acids is 1. The zero-order chi connectivity index (χ0) is 14.3. The molecule has 0 aromatic heterocycles. The summed E-state index contributed by atoms with van der Waals surface area (Å²) in [5.41, 5.74) is 5.64. The van der Waals surface area contributed by atoms with Gasteiger partial charge < -0.3 is 10.6 Å². The molecule has 0 aliphatic heterocycles. The maximum Gasteiger partial charge on any atom is 0.225 e. The van der Waals surface area contributed by atoms with Gasteiger partial charge in [-0.2, -0.15) is 0 Å². The summed E-state index contributed by atoms with van der Waals surface area (Å²) in [6.45, 7) is 7.86. The van der Waals surface area contributed by atoms with Crippen LogP contribution >= 0.6 is 0 Å². The molecule has 3 nitrogen and oxygen atoms in total. The molecule has 0 heterocycles. The molecule has 112 valence electrons. The second-order valence-electron chi connectivity index (χ2n) is 6.35. The second-order valence-corrected chi connectivity index (χ2v) is 6.35. The molecule has 1 aliphatic rings. The van der Waals surface area contributed by atoms with Crippen LogP contribution < -0.4 is 5.73 Å². The third-order valence-corrected chi connectivity index (χ3v) is 4.54. The van der Waals surface area contributed by atoms with Crippen molar-refractivity contribution >= 4 is 5.91 Å². The molecule has 0 bridgehead atoms. The minimum absolute atomic E-state index is 0.126. The molecule has 1 rings (SSSR count). The summed E-state index contributed by atoms with van der Waals surface area (Å²) in [6, 6.07) is 0.461. The first-order valence-corrected chi connectivity index (χ1v) is 8.08. The van der Waals surface area contributed by atoms with Crippen molar-refractivity contribution in [2.75, 3.05) is 13.1 Å². The second kappa shape index (κ2) is 8.57. The highest BCUT2D eigenvalue weighted by atomic mass is 16.2. The summed E-state index contributed by atoms with van der Waals surface area (Å²) in [7, 11) is 0. The van der Waals surface area contributed by atoms with Crippen molar-refractivity contribution in [1.29, 1.82) is 0 Å². The average Bonchev–Trinajstić information content (AvgIpc) is 2.67. The van der Waals surface area contributed by atoms with Gasteiger partial charge >= 0.3 is 0 Å². The van der Waals surface area contributed by atoms with E-state index in [2.05, 4.69) is 25.7 Å². The van der Waals surface area contributed by atoms with Crippen LogP contribution in [0.25, 0.3) is 0 Å². The van der Waals surface area contributed by atoms with E-state index in [0.717, 1.165) is 13.0 Å². The van der Waals surface area contributed by atoms with Crippen LogP contribution in [0.1, 0.15) is 65.7 Å². The van der Waals surface area contributed by atoms with E-state index in [1.807, 2.05) is 0 Å². The maximum absolute atomic E-state index is 12.7. The van der Waals surface area contributed by atoms with Crippen LogP contribution in [-0.2, 0) is 4.79 Å². The third-order valence-electron chi connectivity index (χ3n) is 4.54. The highest BCUT2D eigenvalue weighted by molar-refractivity contribution is 5.79. The van der Waals surface area contributed by atoms with Crippen molar-refractivity contribution < 1.29 is 4.79 Å². The van der Waals surface area contributed by atoms with Crippen molar-refractivity contribution in [2.24, 2.45) is 17.6 Å². The Kier molecular flexibility index (Phi) is 7.44. The van der Waals surface area contributed by atoms with Gasteiger partial charge in [0, 0.05) is 18.5 Å². The Morgan fingerprint density at radius 2 is 1.74 bits per heavy atom. The molecule has 19 heavy (non-hydrogen) atoms. The summed E-state index contributed by atoms with van der Waals surface area (Å²) >= 11 is 0. The molecule has 1 aliphatic carbocycles. The van der Waals surface area contributed by atoms with E-state index < -0.39 is 0 Å². The monoisotopic (exact) mass is 268 g/mol. The average molecular weight is 268 g/mol. The summed E-state index contributed by atoms with van der Waals surface area (Å²) < 4.78 is 0. The van der Waals surface area contributed by atoms with E-state index in [0.29, 0.717) is 24.4 Å². The third kappa shape index (κ3) is 5.13. The normalized spacial score (nSPS) is 19.2. The van der Waals surface area contributed by atoms with Crippen LogP contribution in [0.5, 0.6) is 0 Å². The summed E-state index contributed by atoms with van der Waals surface area (Å²) in [6.07, 6.45) is 8.49. The van der Waals surface area contributed by atoms with Gasteiger partial charge in [-0.25, -0.2) is 0 Å². The van der Waals surface area contributed by atoms with Crippen molar-refractivity contribution in [3.63, 3.8) is 0 Å². The van der Waals surface area contributed by atoms with Crippen molar-refractivity contribution in [3.8, 4) is 0 Å². The fourth-order valence-corrected chi connectivity index (χ4v) is 2.85. The lowest BCUT2D eigenvalue weighted by molar-refractivity contribution is -0.139. The maximum atomic E-state index is 12.7. The molecule has 0 saturated heterocycles. The SMILES string of the molecule is CC(C)C(C)C(=O)N(CCCN)C1CCCCCC1. The molecule has 1 amide bonds. The Morgan fingerprint density at radius 3 is 2.21 bits per heavy atom. The summed E-state index contributed by atoms with van der Waals surface area (Å²) in [5, 5.41) is 0. The molecule has 1 saturated carbocycles. The van der Waals surface area contributed by atoms with E-state index in [1.54, 1.807) is 0 Å². The van der Waals surface area contributed by atoms with Crippen molar-refractivity contribution in [3.05, 3.63) is 0 Å². The number of hydrogen-bond donors (Lipinski definition) is 1. The Morgan fingerprint density at radius 1 is 1.16 bits per heavy atom. The highest BCUT2D eigenvalue weighted by Gasteiger charge is 2.28. The van der Waals surface area contributed by atoms with Gasteiger partial charge in [0.2, 0.25) is 5.91 Å². The van der Waals surface area contributed by atoms with Crippen molar-refractivity contribution in [2.45, 2.75) is 71.8 Å². The molecule has 0 aromatic rings. The largest absolute Gasteiger partial charge is 0.339 e. The fraction of sp³-hybridized carbons (Fsp3) is 0.938. The Bertz CT molecular complexity index is 257. The van der Waals surface area contributed by atoms with Gasteiger partial charge in [0.05, 0.1) is 0 Å². The standard InChI is InChI=1S/C16H32N2O/c1-13(2)14(3)16(19)18(12-8-11-17)15-9-6-4-5-7-10-15/h13-15H,4-12,17H2,1-3H3. The predicted molar refractivity (Wildman–Crippen MR) is 80.9 cm³/mol. The van der Waals surface area contributed by atoms with Gasteiger partial charge in [0.25, 0.3) is 0 Å². The first-order valence-electron chi connectivity index (χ1n) is 8.08. The van der Waals surface area contributed by atoms with Crippen molar-refractivity contribution in [1.82, 2.24) is 4.90 Å². The van der Waals surface area contributed by atoms with Crippen LogP contribution in [0.3, 0.4) is 0 Å². The smallest absolute Gasteiger partial charge is 0.225 e. The van der Waals surface area contributed by atoms with Gasteiger partial charge in [-0.1, -0.05) is 46.5 Å². The molecular formula is C16H32N2O. The Balaban J connectivity index is 2.71. The number of carbonyl (C=O) groups is 1. The van der Waals surface area contributed by atoms with Crippen LogP contribution in [0.2, 0.25) is 0 Å². The Hall–Kier alpha value is -0.570. The van der Waals surface area contributed by atoms with Gasteiger partial charge in [-0.15, -0.1) is 0 Å². The molecule has 2 N–H and O–H groups in total. The first-order chi connectivity index (χ1) is 9.07. The van der Waals surface area contributed by atoms with Crippen LogP contribution in [-0.4, -0.2) is 29.9 Å². The lowest BCUT2D eigenvalue weighted by Crippen LogP contribution is -2.45.